The molecule has 1 heterocycles. The van der Waals surface area contributed by atoms with Crippen LogP contribution in [0.25, 0.3) is 0 Å². The summed E-state index contributed by atoms with van der Waals surface area (Å²) in [6.07, 6.45) is 0.898. The maximum atomic E-state index is 11.6. The lowest BCUT2D eigenvalue weighted by Gasteiger charge is -2.34. The van der Waals surface area contributed by atoms with Gasteiger partial charge in [0.2, 0.25) is 5.12 Å². The number of thiol groups is 1. The van der Waals surface area contributed by atoms with Crippen molar-refractivity contribution in [3.8, 4) is 11.5 Å². The predicted molar refractivity (Wildman–Crippen MR) is 96.2 cm³/mol. The first-order valence-electron chi connectivity index (χ1n) is 8.00. The van der Waals surface area contributed by atoms with Crippen molar-refractivity contribution < 1.29 is 19.2 Å². The van der Waals surface area contributed by atoms with Crippen molar-refractivity contribution in [3.63, 3.8) is 0 Å². The maximum Gasteiger partial charge on any atom is 0.240 e. The van der Waals surface area contributed by atoms with Gasteiger partial charge in [0.05, 0.1) is 20.8 Å². The van der Waals surface area contributed by atoms with Gasteiger partial charge in [-0.1, -0.05) is 43.0 Å². The number of fused-ring (bicyclic) bond motifs is 1. The van der Waals surface area contributed by atoms with Gasteiger partial charge < -0.3 is 14.4 Å². The van der Waals surface area contributed by atoms with Crippen LogP contribution in [-0.4, -0.2) is 32.4 Å². The van der Waals surface area contributed by atoms with Crippen molar-refractivity contribution in [2.45, 2.75) is 12.5 Å². The number of quaternary nitrogens is 1. The Labute approximate surface area is 147 Å². The van der Waals surface area contributed by atoms with Gasteiger partial charge in [0.25, 0.3) is 0 Å². The van der Waals surface area contributed by atoms with Crippen molar-refractivity contribution in [1.29, 1.82) is 0 Å². The Hall–Kier alpha value is -1.98. The number of benzene rings is 2. The molecule has 2 unspecified atom stereocenters. The highest BCUT2D eigenvalue weighted by molar-refractivity contribution is 7.96. The number of rotatable bonds is 5. The van der Waals surface area contributed by atoms with Crippen LogP contribution in [0, 0.1) is 0 Å². The second-order valence-corrected chi connectivity index (χ2v) is 6.48. The van der Waals surface area contributed by atoms with Crippen molar-refractivity contribution >= 4 is 17.7 Å². The molecule has 126 valence electrons. The summed E-state index contributed by atoms with van der Waals surface area (Å²) in [6, 6.07) is 14.5. The minimum Gasteiger partial charge on any atom is -0.493 e. The molecule has 0 fully saturated rings. The van der Waals surface area contributed by atoms with Crippen LogP contribution < -0.4 is 14.4 Å². The van der Waals surface area contributed by atoms with E-state index in [0.717, 1.165) is 24.5 Å². The topological polar surface area (TPSA) is 40.0 Å². The van der Waals surface area contributed by atoms with Crippen LogP contribution in [0.1, 0.15) is 22.7 Å². The third kappa shape index (κ3) is 3.28. The molecule has 0 aliphatic carbocycles. The molecule has 4 nitrogen and oxygen atoms in total. The highest BCUT2D eigenvalue weighted by atomic mass is 32.1. The molecule has 2 aromatic carbocycles. The highest BCUT2D eigenvalue weighted by Gasteiger charge is 2.34. The van der Waals surface area contributed by atoms with Gasteiger partial charge in [-0.3, -0.25) is 4.79 Å². The minimum atomic E-state index is -0.0881. The molecule has 2 aromatic rings. The number of hydrogen-bond acceptors (Lipinski definition) is 3. The summed E-state index contributed by atoms with van der Waals surface area (Å²) in [5, 5.41) is -0.0881. The van der Waals surface area contributed by atoms with Gasteiger partial charge in [-0.25, -0.2) is 0 Å². The molecule has 1 aliphatic heterocycles. The van der Waals surface area contributed by atoms with Crippen molar-refractivity contribution in [2.75, 3.05) is 27.3 Å². The Balaban J connectivity index is 2.12. The van der Waals surface area contributed by atoms with E-state index in [4.69, 9.17) is 9.47 Å². The fourth-order valence-corrected chi connectivity index (χ4v) is 3.73. The van der Waals surface area contributed by atoms with Gasteiger partial charge >= 0.3 is 0 Å². The van der Waals surface area contributed by atoms with Crippen LogP contribution in [-0.2, 0) is 11.2 Å². The maximum absolute atomic E-state index is 11.6. The Morgan fingerprint density at radius 1 is 1.17 bits per heavy atom. The van der Waals surface area contributed by atoms with Crippen LogP contribution in [0.5, 0.6) is 11.5 Å². The van der Waals surface area contributed by atoms with Crippen LogP contribution in [0.4, 0.5) is 0 Å². The van der Waals surface area contributed by atoms with Gasteiger partial charge in [-0.2, -0.15) is 0 Å². The van der Waals surface area contributed by atoms with Gasteiger partial charge in [-0.05, 0) is 17.7 Å². The highest BCUT2D eigenvalue weighted by Crippen LogP contribution is 2.35. The summed E-state index contributed by atoms with van der Waals surface area (Å²) in [4.78, 5) is 12.8. The number of nitrogens with one attached hydrogen (secondary N) is 1. The Bertz CT molecular complexity index is 733. The molecule has 0 spiro atoms. The van der Waals surface area contributed by atoms with Crippen molar-refractivity contribution in [2.24, 2.45) is 0 Å². The smallest absolute Gasteiger partial charge is 0.240 e. The standard InChI is InChI=1S/C19H21NO3S/c1-22-16-10-14-8-9-20(12-18(21)24)19(13-6-4-3-5-7-13)15(14)11-17(16)23-2/h3-7,10-11,19H,8-9,12H2,1-2H3,(H,21,24)/p+1. The molecular weight excluding hydrogens is 322 g/mol. The Morgan fingerprint density at radius 2 is 1.83 bits per heavy atom. The molecule has 1 N–H and O–H groups in total. The summed E-state index contributed by atoms with van der Waals surface area (Å²) in [6.45, 7) is 1.28. The molecular formula is C19H22NO3S+. The van der Waals surface area contributed by atoms with E-state index in [1.54, 1.807) is 14.2 Å². The Kier molecular flexibility index (Phi) is 5.11. The van der Waals surface area contributed by atoms with E-state index in [1.165, 1.54) is 21.6 Å². The van der Waals surface area contributed by atoms with E-state index in [2.05, 4.69) is 30.8 Å². The molecule has 3 rings (SSSR count). The zero-order valence-corrected chi connectivity index (χ0v) is 14.8. The van der Waals surface area contributed by atoms with E-state index in [9.17, 15) is 4.79 Å². The number of hydrogen-bond donors (Lipinski definition) is 2. The SMILES string of the molecule is COc1cc2c(cc1OC)C(c1ccccc1)[NH+](CC(=O)S)CC2. The summed E-state index contributed by atoms with van der Waals surface area (Å²) >= 11 is 4.00. The molecule has 0 radical (unpaired) electrons. The third-order valence-corrected chi connectivity index (χ3v) is 4.75. The molecule has 1 aliphatic rings. The molecule has 0 amide bonds. The quantitative estimate of drug-likeness (QED) is 0.811. The van der Waals surface area contributed by atoms with Gasteiger partial charge in [0.1, 0.15) is 12.6 Å². The first-order chi connectivity index (χ1) is 11.6. The normalized spacial score (nSPS) is 19.5. The molecule has 0 bridgehead atoms. The first-order valence-corrected chi connectivity index (χ1v) is 8.45. The summed E-state index contributed by atoms with van der Waals surface area (Å²) in [5.74, 6) is 1.47. The minimum absolute atomic E-state index is 0.0881. The van der Waals surface area contributed by atoms with Gasteiger partial charge in [0, 0.05) is 17.5 Å². The van der Waals surface area contributed by atoms with E-state index in [-0.39, 0.29) is 11.2 Å². The fourth-order valence-electron chi connectivity index (χ4n) is 3.53. The van der Waals surface area contributed by atoms with Gasteiger partial charge in [-0.15, -0.1) is 0 Å². The molecule has 0 saturated carbocycles. The number of carbonyl (C=O) groups excluding carboxylic acids is 1. The molecule has 2 atom stereocenters. The molecule has 0 aromatic heterocycles. The summed E-state index contributed by atoms with van der Waals surface area (Å²) in [5.41, 5.74) is 3.63. The summed E-state index contributed by atoms with van der Waals surface area (Å²) in [7, 11) is 3.30. The zero-order valence-electron chi connectivity index (χ0n) is 13.9. The van der Waals surface area contributed by atoms with Gasteiger partial charge in [0.15, 0.2) is 11.5 Å². The summed E-state index contributed by atoms with van der Waals surface area (Å²) < 4.78 is 10.9. The monoisotopic (exact) mass is 344 g/mol. The molecule has 0 saturated heterocycles. The van der Waals surface area contributed by atoms with E-state index in [0.29, 0.717) is 6.54 Å². The number of methoxy groups -OCH3 is 2. The molecule has 5 heteroatoms. The van der Waals surface area contributed by atoms with E-state index in [1.807, 2.05) is 24.3 Å². The molecule has 24 heavy (non-hydrogen) atoms. The van der Waals surface area contributed by atoms with Crippen LogP contribution in [0.2, 0.25) is 0 Å². The average molecular weight is 344 g/mol. The lowest BCUT2D eigenvalue weighted by atomic mass is 9.87. The fraction of sp³-hybridized carbons (Fsp3) is 0.316. The van der Waals surface area contributed by atoms with Crippen LogP contribution in [0.3, 0.4) is 0 Å². The van der Waals surface area contributed by atoms with Crippen LogP contribution in [0.15, 0.2) is 42.5 Å². The largest absolute Gasteiger partial charge is 0.493 e. The lowest BCUT2D eigenvalue weighted by molar-refractivity contribution is -0.919. The van der Waals surface area contributed by atoms with Crippen LogP contribution >= 0.6 is 12.6 Å². The zero-order chi connectivity index (χ0) is 17.1. The first kappa shape index (κ1) is 16.9. The predicted octanol–water partition coefficient (Wildman–Crippen LogP) is 1.69. The average Bonchev–Trinajstić information content (AvgIpc) is 2.60. The number of ether oxygens (including phenoxy) is 2. The number of carbonyl (C=O) groups is 1. The Morgan fingerprint density at radius 3 is 2.46 bits per heavy atom. The second-order valence-electron chi connectivity index (χ2n) is 5.98. The van der Waals surface area contributed by atoms with E-state index < -0.39 is 0 Å². The second kappa shape index (κ2) is 7.28. The lowest BCUT2D eigenvalue weighted by Crippen LogP contribution is -3.14. The van der Waals surface area contributed by atoms with E-state index >= 15 is 0 Å². The third-order valence-electron chi connectivity index (χ3n) is 4.59. The van der Waals surface area contributed by atoms with Crippen molar-refractivity contribution in [1.82, 2.24) is 0 Å². The van der Waals surface area contributed by atoms with Crippen molar-refractivity contribution in [3.05, 3.63) is 59.2 Å².